The number of rotatable bonds is 6. The molecule has 3 heterocycles. The molecule has 0 bridgehead atoms. The van der Waals surface area contributed by atoms with Gasteiger partial charge in [-0.2, -0.15) is 0 Å². The lowest BCUT2D eigenvalue weighted by atomic mass is 9.99. The minimum absolute atomic E-state index is 0.000235. The Labute approximate surface area is 147 Å². The summed E-state index contributed by atoms with van der Waals surface area (Å²) in [5.74, 6) is -0.000235. The van der Waals surface area contributed by atoms with Crippen LogP contribution in [-0.4, -0.2) is 57.2 Å². The molecule has 2 atom stereocenters. The van der Waals surface area contributed by atoms with Crippen molar-refractivity contribution < 1.29 is 13.2 Å². The van der Waals surface area contributed by atoms with E-state index in [4.69, 9.17) is 0 Å². The van der Waals surface area contributed by atoms with E-state index >= 15 is 0 Å². The van der Waals surface area contributed by atoms with E-state index in [0.29, 0.717) is 23.9 Å². The SMILES string of the molecule is CS(=O)(=O)NCCc1ccc(C(=O)N[C@H]2CCN3CCCC[C@H]23)s1. The molecule has 2 N–H and O–H groups in total. The van der Waals surface area contributed by atoms with Crippen LogP contribution in [0.5, 0.6) is 0 Å². The first-order valence-corrected chi connectivity index (χ1v) is 11.2. The van der Waals surface area contributed by atoms with E-state index in [-0.39, 0.29) is 11.9 Å². The van der Waals surface area contributed by atoms with Gasteiger partial charge in [-0.25, -0.2) is 13.1 Å². The molecule has 3 rings (SSSR count). The predicted octanol–water partition coefficient (Wildman–Crippen LogP) is 1.20. The van der Waals surface area contributed by atoms with Crippen LogP contribution in [0.4, 0.5) is 0 Å². The minimum Gasteiger partial charge on any atom is -0.347 e. The number of hydrogen-bond acceptors (Lipinski definition) is 5. The average Bonchev–Trinajstić information content (AvgIpc) is 3.14. The van der Waals surface area contributed by atoms with Gasteiger partial charge in [0.2, 0.25) is 10.0 Å². The number of piperidine rings is 1. The van der Waals surface area contributed by atoms with Gasteiger partial charge in [-0.3, -0.25) is 9.69 Å². The molecule has 1 aromatic heterocycles. The molecule has 6 nitrogen and oxygen atoms in total. The van der Waals surface area contributed by atoms with Crippen LogP contribution in [0.1, 0.15) is 40.2 Å². The zero-order valence-corrected chi connectivity index (χ0v) is 15.6. The average molecular weight is 372 g/mol. The van der Waals surface area contributed by atoms with Gasteiger partial charge >= 0.3 is 0 Å². The second kappa shape index (κ2) is 7.51. The molecule has 0 aliphatic carbocycles. The summed E-state index contributed by atoms with van der Waals surface area (Å²) in [4.78, 5) is 16.7. The third kappa shape index (κ3) is 4.56. The van der Waals surface area contributed by atoms with E-state index in [1.54, 1.807) is 0 Å². The van der Waals surface area contributed by atoms with Crippen LogP contribution in [0.25, 0.3) is 0 Å². The van der Waals surface area contributed by atoms with Gasteiger partial charge in [0.05, 0.1) is 11.1 Å². The molecule has 0 radical (unpaired) electrons. The molecule has 8 heteroatoms. The van der Waals surface area contributed by atoms with Gasteiger partial charge in [0, 0.05) is 30.1 Å². The number of fused-ring (bicyclic) bond motifs is 1. The van der Waals surface area contributed by atoms with Gasteiger partial charge < -0.3 is 5.32 Å². The Kier molecular flexibility index (Phi) is 5.59. The Morgan fingerprint density at radius 3 is 2.92 bits per heavy atom. The quantitative estimate of drug-likeness (QED) is 0.788. The van der Waals surface area contributed by atoms with Crippen molar-refractivity contribution in [2.75, 3.05) is 25.9 Å². The molecule has 24 heavy (non-hydrogen) atoms. The van der Waals surface area contributed by atoms with Crippen LogP contribution in [0.2, 0.25) is 0 Å². The van der Waals surface area contributed by atoms with Gasteiger partial charge in [0.15, 0.2) is 0 Å². The van der Waals surface area contributed by atoms with Crippen molar-refractivity contribution in [3.05, 3.63) is 21.9 Å². The molecule has 1 aromatic rings. The Balaban J connectivity index is 1.52. The predicted molar refractivity (Wildman–Crippen MR) is 96.0 cm³/mol. The zero-order valence-electron chi connectivity index (χ0n) is 14.0. The summed E-state index contributed by atoms with van der Waals surface area (Å²) in [6, 6.07) is 4.51. The van der Waals surface area contributed by atoms with Crippen molar-refractivity contribution in [3.8, 4) is 0 Å². The van der Waals surface area contributed by atoms with Gasteiger partial charge in [-0.05, 0) is 44.4 Å². The maximum atomic E-state index is 12.5. The Bertz CT molecular complexity index is 686. The first-order valence-electron chi connectivity index (χ1n) is 8.51. The number of sulfonamides is 1. The normalized spacial score (nSPS) is 24.7. The summed E-state index contributed by atoms with van der Waals surface area (Å²) in [6.07, 6.45) is 6.49. The molecule has 2 aliphatic heterocycles. The molecule has 0 unspecified atom stereocenters. The molecular formula is C16H25N3O3S2. The summed E-state index contributed by atoms with van der Waals surface area (Å²) in [5.41, 5.74) is 0. The lowest BCUT2D eigenvalue weighted by Crippen LogP contribution is -2.46. The fourth-order valence-electron chi connectivity index (χ4n) is 3.65. The maximum absolute atomic E-state index is 12.5. The zero-order chi connectivity index (χ0) is 17.2. The van der Waals surface area contributed by atoms with Crippen molar-refractivity contribution in [1.29, 1.82) is 0 Å². The molecule has 0 aromatic carbocycles. The first kappa shape index (κ1) is 17.8. The fraction of sp³-hybridized carbons (Fsp3) is 0.688. The number of carbonyl (C=O) groups is 1. The van der Waals surface area contributed by atoms with E-state index in [0.717, 1.165) is 30.6 Å². The smallest absolute Gasteiger partial charge is 0.261 e. The number of carbonyl (C=O) groups excluding carboxylic acids is 1. The molecule has 0 spiro atoms. The number of hydrogen-bond donors (Lipinski definition) is 2. The monoisotopic (exact) mass is 371 g/mol. The molecular weight excluding hydrogens is 346 g/mol. The standard InChI is InChI=1S/C16H25N3O3S2/c1-24(21,22)17-9-7-12-5-6-15(23-12)16(20)18-13-8-11-19-10-3-2-4-14(13)19/h5-6,13-14,17H,2-4,7-11H2,1H3,(H,18,20)/t13-,14+/m0/s1. The third-order valence-electron chi connectivity index (χ3n) is 4.79. The highest BCUT2D eigenvalue weighted by molar-refractivity contribution is 7.88. The van der Waals surface area contributed by atoms with E-state index in [9.17, 15) is 13.2 Å². The van der Waals surface area contributed by atoms with Crippen molar-refractivity contribution in [2.45, 2.75) is 44.2 Å². The molecule has 0 saturated carbocycles. The summed E-state index contributed by atoms with van der Waals surface area (Å²) >= 11 is 1.44. The van der Waals surface area contributed by atoms with Crippen LogP contribution in [0.15, 0.2) is 12.1 Å². The first-order chi connectivity index (χ1) is 11.4. The molecule has 2 aliphatic rings. The Hall–Kier alpha value is -0.960. The number of amides is 1. The van der Waals surface area contributed by atoms with E-state index < -0.39 is 10.0 Å². The highest BCUT2D eigenvalue weighted by Crippen LogP contribution is 2.27. The second-order valence-corrected chi connectivity index (χ2v) is 9.65. The second-order valence-electron chi connectivity index (χ2n) is 6.65. The van der Waals surface area contributed by atoms with Crippen LogP contribution < -0.4 is 10.0 Å². The Morgan fingerprint density at radius 1 is 1.29 bits per heavy atom. The lowest BCUT2D eigenvalue weighted by molar-refractivity contribution is 0.0919. The third-order valence-corrected chi connectivity index (χ3v) is 6.67. The molecule has 2 saturated heterocycles. The van der Waals surface area contributed by atoms with Crippen molar-refractivity contribution in [3.63, 3.8) is 0 Å². The molecule has 134 valence electrons. The molecule has 2 fully saturated rings. The summed E-state index contributed by atoms with van der Waals surface area (Å²) in [6.45, 7) is 2.61. The van der Waals surface area contributed by atoms with Crippen LogP contribution in [0.3, 0.4) is 0 Å². The van der Waals surface area contributed by atoms with Crippen molar-refractivity contribution >= 4 is 27.3 Å². The van der Waals surface area contributed by atoms with Crippen molar-refractivity contribution in [2.24, 2.45) is 0 Å². The maximum Gasteiger partial charge on any atom is 0.261 e. The fourth-order valence-corrected chi connectivity index (χ4v) is 5.03. The van der Waals surface area contributed by atoms with Gasteiger partial charge in [-0.1, -0.05) is 6.42 Å². The van der Waals surface area contributed by atoms with Gasteiger partial charge in [0.1, 0.15) is 0 Å². The molecule has 1 amide bonds. The highest BCUT2D eigenvalue weighted by atomic mass is 32.2. The Morgan fingerprint density at radius 2 is 2.12 bits per heavy atom. The van der Waals surface area contributed by atoms with E-state index in [2.05, 4.69) is 14.9 Å². The summed E-state index contributed by atoms with van der Waals surface area (Å²) in [5, 5.41) is 3.21. The summed E-state index contributed by atoms with van der Waals surface area (Å²) in [7, 11) is -3.16. The number of thiophene rings is 1. The van der Waals surface area contributed by atoms with Crippen LogP contribution in [0, 0.1) is 0 Å². The highest BCUT2D eigenvalue weighted by Gasteiger charge is 2.36. The summed E-state index contributed by atoms with van der Waals surface area (Å²) < 4.78 is 24.6. The van der Waals surface area contributed by atoms with Crippen LogP contribution in [-0.2, 0) is 16.4 Å². The lowest BCUT2D eigenvalue weighted by Gasteiger charge is -2.32. The number of nitrogens with one attached hydrogen (secondary N) is 2. The van der Waals surface area contributed by atoms with Gasteiger partial charge in [0.25, 0.3) is 5.91 Å². The van der Waals surface area contributed by atoms with Crippen LogP contribution >= 0.6 is 11.3 Å². The minimum atomic E-state index is -3.16. The van der Waals surface area contributed by atoms with Gasteiger partial charge in [-0.15, -0.1) is 11.3 Å². The largest absolute Gasteiger partial charge is 0.347 e. The number of nitrogens with zero attached hydrogens (tertiary/aromatic N) is 1. The topological polar surface area (TPSA) is 78.5 Å². The van der Waals surface area contributed by atoms with Crippen molar-refractivity contribution in [1.82, 2.24) is 14.9 Å². The van der Waals surface area contributed by atoms with E-state index in [1.165, 1.54) is 30.6 Å². The van der Waals surface area contributed by atoms with E-state index in [1.807, 2.05) is 12.1 Å².